The lowest BCUT2D eigenvalue weighted by Crippen LogP contribution is -2.12. The first-order valence-electron chi connectivity index (χ1n) is 6.13. The highest BCUT2D eigenvalue weighted by molar-refractivity contribution is 6.32. The monoisotopic (exact) mass is 321 g/mol. The first kappa shape index (κ1) is 15.7. The number of rotatable bonds is 4. The Kier molecular flexibility index (Phi) is 4.53. The minimum absolute atomic E-state index is 0.245. The summed E-state index contributed by atoms with van der Waals surface area (Å²) in [4.78, 5) is 22.9. The van der Waals surface area contributed by atoms with Crippen LogP contribution in [0.25, 0.3) is 0 Å². The van der Waals surface area contributed by atoms with E-state index in [1.807, 2.05) is 0 Å². The number of hydrogen-bond acceptors (Lipinski definition) is 4. The van der Waals surface area contributed by atoms with Crippen molar-refractivity contribution < 1.29 is 24.5 Å². The molecule has 1 amide bonds. The predicted octanol–water partition coefficient (Wildman–Crippen LogP) is 3.00. The number of aromatic carboxylic acids is 1. The number of carboxylic acid groups (broad SMARTS) is 1. The number of anilines is 1. The van der Waals surface area contributed by atoms with Gasteiger partial charge in [0, 0.05) is 17.3 Å². The molecule has 0 atom stereocenters. The van der Waals surface area contributed by atoms with Crippen molar-refractivity contribution in [1.29, 1.82) is 0 Å². The van der Waals surface area contributed by atoms with Crippen LogP contribution in [0.1, 0.15) is 20.7 Å². The van der Waals surface area contributed by atoms with Crippen LogP contribution in [0, 0.1) is 0 Å². The van der Waals surface area contributed by atoms with Gasteiger partial charge in [-0.25, -0.2) is 4.79 Å². The van der Waals surface area contributed by atoms with Crippen molar-refractivity contribution in [3.05, 3.63) is 52.5 Å². The van der Waals surface area contributed by atoms with Crippen LogP contribution in [0.4, 0.5) is 5.69 Å². The Labute approximate surface area is 130 Å². The second kappa shape index (κ2) is 6.36. The van der Waals surface area contributed by atoms with E-state index < -0.39 is 17.6 Å². The van der Waals surface area contributed by atoms with Gasteiger partial charge in [-0.1, -0.05) is 11.6 Å². The molecule has 0 saturated carbocycles. The maximum Gasteiger partial charge on any atom is 0.339 e. The summed E-state index contributed by atoms with van der Waals surface area (Å²) in [5.41, 5.74) is 0.317. The highest BCUT2D eigenvalue weighted by Crippen LogP contribution is 2.26. The molecule has 2 rings (SSSR count). The van der Waals surface area contributed by atoms with E-state index in [-0.39, 0.29) is 11.3 Å². The van der Waals surface area contributed by atoms with E-state index in [2.05, 4.69) is 5.32 Å². The number of halogens is 1. The minimum Gasteiger partial charge on any atom is -0.507 e. The molecule has 0 aromatic heterocycles. The van der Waals surface area contributed by atoms with E-state index in [1.54, 1.807) is 6.07 Å². The van der Waals surface area contributed by atoms with Crippen LogP contribution in [0.5, 0.6) is 11.5 Å². The molecule has 0 aliphatic carbocycles. The van der Waals surface area contributed by atoms with Gasteiger partial charge < -0.3 is 20.3 Å². The van der Waals surface area contributed by atoms with Gasteiger partial charge in [-0.2, -0.15) is 0 Å². The number of aromatic hydroxyl groups is 1. The fourth-order valence-electron chi connectivity index (χ4n) is 1.80. The van der Waals surface area contributed by atoms with Gasteiger partial charge in [-0.3, -0.25) is 4.79 Å². The standard InChI is InChI=1S/C15H12ClNO5/c1-22-13-5-2-8(6-11(13)16)14(19)17-9-3-4-10(15(20)21)12(18)7-9/h2-7,18H,1H3,(H,17,19)(H,20,21). The van der Waals surface area contributed by atoms with E-state index in [9.17, 15) is 14.7 Å². The quantitative estimate of drug-likeness (QED) is 0.804. The van der Waals surface area contributed by atoms with Crippen molar-refractivity contribution >= 4 is 29.2 Å². The Bertz CT molecular complexity index is 745. The molecule has 0 aliphatic heterocycles. The van der Waals surface area contributed by atoms with Gasteiger partial charge >= 0.3 is 5.97 Å². The van der Waals surface area contributed by atoms with Crippen molar-refractivity contribution in [3.63, 3.8) is 0 Å². The summed E-state index contributed by atoms with van der Waals surface area (Å²) >= 11 is 5.95. The zero-order valence-corrected chi connectivity index (χ0v) is 12.2. The van der Waals surface area contributed by atoms with Gasteiger partial charge in [-0.15, -0.1) is 0 Å². The molecule has 22 heavy (non-hydrogen) atoms. The highest BCUT2D eigenvalue weighted by atomic mass is 35.5. The number of hydrogen-bond donors (Lipinski definition) is 3. The molecule has 2 aromatic carbocycles. The summed E-state index contributed by atoms with van der Waals surface area (Å²) in [6.07, 6.45) is 0. The van der Waals surface area contributed by atoms with E-state index in [4.69, 9.17) is 21.4 Å². The maximum atomic E-state index is 12.1. The zero-order chi connectivity index (χ0) is 16.3. The number of phenols is 1. The summed E-state index contributed by atoms with van der Waals surface area (Å²) in [6, 6.07) is 8.28. The van der Waals surface area contributed by atoms with Crippen molar-refractivity contribution in [2.75, 3.05) is 12.4 Å². The number of nitrogens with one attached hydrogen (secondary N) is 1. The lowest BCUT2D eigenvalue weighted by molar-refractivity contribution is 0.0693. The van der Waals surface area contributed by atoms with E-state index in [1.165, 1.54) is 31.4 Å². The Morgan fingerprint density at radius 2 is 1.91 bits per heavy atom. The lowest BCUT2D eigenvalue weighted by Gasteiger charge is -2.08. The molecule has 3 N–H and O–H groups in total. The number of ether oxygens (including phenoxy) is 1. The highest BCUT2D eigenvalue weighted by Gasteiger charge is 2.13. The number of amides is 1. The minimum atomic E-state index is -1.25. The number of benzene rings is 2. The molecule has 6 nitrogen and oxygen atoms in total. The van der Waals surface area contributed by atoms with Crippen LogP contribution in [-0.4, -0.2) is 29.2 Å². The summed E-state index contributed by atoms with van der Waals surface area (Å²) in [6.45, 7) is 0. The third kappa shape index (κ3) is 3.29. The van der Waals surface area contributed by atoms with Crippen LogP contribution < -0.4 is 10.1 Å². The normalized spacial score (nSPS) is 10.1. The van der Waals surface area contributed by atoms with Crippen molar-refractivity contribution in [2.24, 2.45) is 0 Å². The molecule has 2 aromatic rings. The first-order chi connectivity index (χ1) is 10.4. The van der Waals surface area contributed by atoms with Crippen molar-refractivity contribution in [2.45, 2.75) is 0 Å². The van der Waals surface area contributed by atoms with E-state index in [0.717, 1.165) is 6.07 Å². The number of carbonyl (C=O) groups excluding carboxylic acids is 1. The third-order valence-corrected chi connectivity index (χ3v) is 3.20. The van der Waals surface area contributed by atoms with Crippen LogP contribution in [0.15, 0.2) is 36.4 Å². The summed E-state index contributed by atoms with van der Waals surface area (Å²) < 4.78 is 5.00. The number of methoxy groups -OCH3 is 1. The molecule has 0 aliphatic rings. The van der Waals surface area contributed by atoms with Crippen LogP contribution >= 0.6 is 11.6 Å². The van der Waals surface area contributed by atoms with Gasteiger partial charge in [0.05, 0.1) is 12.1 Å². The summed E-state index contributed by atoms with van der Waals surface area (Å²) in [5, 5.41) is 21.2. The van der Waals surface area contributed by atoms with E-state index >= 15 is 0 Å². The van der Waals surface area contributed by atoms with Gasteiger partial charge in [0.15, 0.2) is 0 Å². The molecule has 0 radical (unpaired) electrons. The molecule has 0 unspecified atom stereocenters. The fraction of sp³-hybridized carbons (Fsp3) is 0.0667. The Morgan fingerprint density at radius 3 is 2.45 bits per heavy atom. The van der Waals surface area contributed by atoms with Gasteiger partial charge in [0.25, 0.3) is 5.91 Å². The average Bonchev–Trinajstić information content (AvgIpc) is 2.46. The van der Waals surface area contributed by atoms with Gasteiger partial charge in [0.1, 0.15) is 17.1 Å². The van der Waals surface area contributed by atoms with Crippen molar-refractivity contribution in [3.8, 4) is 11.5 Å². The number of carbonyl (C=O) groups is 2. The lowest BCUT2D eigenvalue weighted by atomic mass is 10.1. The molecule has 114 valence electrons. The second-order valence-corrected chi connectivity index (χ2v) is 4.75. The van der Waals surface area contributed by atoms with Crippen LogP contribution in [0.3, 0.4) is 0 Å². The molecule has 0 saturated heterocycles. The van der Waals surface area contributed by atoms with Gasteiger partial charge in [-0.05, 0) is 30.3 Å². The fourth-order valence-corrected chi connectivity index (χ4v) is 2.06. The Morgan fingerprint density at radius 1 is 1.18 bits per heavy atom. The molecule has 0 fully saturated rings. The predicted molar refractivity (Wildman–Crippen MR) is 81.0 cm³/mol. The Balaban J connectivity index is 2.20. The SMILES string of the molecule is COc1ccc(C(=O)Nc2ccc(C(=O)O)c(O)c2)cc1Cl. The second-order valence-electron chi connectivity index (χ2n) is 4.34. The molecular formula is C15H12ClNO5. The van der Waals surface area contributed by atoms with Crippen molar-refractivity contribution in [1.82, 2.24) is 0 Å². The Hall–Kier alpha value is -2.73. The topological polar surface area (TPSA) is 95.9 Å². The molecular weight excluding hydrogens is 310 g/mol. The van der Waals surface area contributed by atoms with E-state index in [0.29, 0.717) is 16.3 Å². The average molecular weight is 322 g/mol. The molecule has 0 bridgehead atoms. The zero-order valence-electron chi connectivity index (χ0n) is 11.5. The smallest absolute Gasteiger partial charge is 0.339 e. The molecule has 7 heteroatoms. The largest absolute Gasteiger partial charge is 0.507 e. The number of carboxylic acids is 1. The molecule has 0 spiro atoms. The van der Waals surface area contributed by atoms with Crippen LogP contribution in [-0.2, 0) is 0 Å². The summed E-state index contributed by atoms with van der Waals surface area (Å²) in [7, 11) is 1.47. The summed E-state index contributed by atoms with van der Waals surface area (Å²) in [5.74, 6) is -1.69. The van der Waals surface area contributed by atoms with Crippen LogP contribution in [0.2, 0.25) is 5.02 Å². The first-order valence-corrected chi connectivity index (χ1v) is 6.51. The maximum absolute atomic E-state index is 12.1. The van der Waals surface area contributed by atoms with Gasteiger partial charge in [0.2, 0.25) is 0 Å². The molecule has 0 heterocycles. The third-order valence-electron chi connectivity index (χ3n) is 2.90.